The van der Waals surface area contributed by atoms with E-state index in [0.29, 0.717) is 33.8 Å². The molecule has 0 radical (unpaired) electrons. The first kappa shape index (κ1) is 48.1. The first-order valence-electron chi connectivity index (χ1n) is 23.7. The van der Waals surface area contributed by atoms with Crippen molar-refractivity contribution in [3.63, 3.8) is 0 Å². The molecule has 0 fully saturated rings. The number of rotatable bonds is 14. The van der Waals surface area contributed by atoms with E-state index in [1.54, 1.807) is 24.3 Å². The number of phenols is 2. The van der Waals surface area contributed by atoms with Crippen LogP contribution in [0.1, 0.15) is 104 Å². The Morgan fingerprint density at radius 2 is 0.792 bits per heavy atom. The molecule has 1 aliphatic carbocycles. The summed E-state index contributed by atoms with van der Waals surface area (Å²) in [6, 6.07) is 51.8. The Morgan fingerprint density at radius 1 is 0.472 bits per heavy atom. The van der Waals surface area contributed by atoms with E-state index in [-0.39, 0.29) is 73.9 Å². The van der Waals surface area contributed by atoms with Gasteiger partial charge in [0.25, 0.3) is 11.4 Å². The third kappa shape index (κ3) is 11.4. The molecule has 0 amide bonds. The van der Waals surface area contributed by atoms with Crippen LogP contribution in [0.3, 0.4) is 0 Å². The first-order chi connectivity index (χ1) is 34.9. The third-order valence-electron chi connectivity index (χ3n) is 13.0. The van der Waals surface area contributed by atoms with E-state index < -0.39 is 9.85 Å². The summed E-state index contributed by atoms with van der Waals surface area (Å²) >= 11 is 0. The normalized spacial score (nSPS) is 13.1. The van der Waals surface area contributed by atoms with Crippen LogP contribution in [0, 0.1) is 20.2 Å². The van der Waals surface area contributed by atoms with Crippen LogP contribution in [0.25, 0.3) is 0 Å². The molecule has 0 heterocycles. The fourth-order valence-electron chi connectivity index (χ4n) is 9.06. The third-order valence-corrected chi connectivity index (χ3v) is 13.0. The van der Waals surface area contributed by atoms with Gasteiger partial charge in [0, 0.05) is 62.4 Å². The maximum atomic E-state index is 12.4. The minimum atomic E-state index is -0.437. The van der Waals surface area contributed by atoms with Crippen LogP contribution >= 0.6 is 0 Å². The molecule has 8 aromatic rings. The molecule has 8 bridgehead atoms. The molecule has 0 saturated carbocycles. The zero-order valence-electron chi connectivity index (χ0n) is 39.9. The van der Waals surface area contributed by atoms with Gasteiger partial charge in [-0.1, -0.05) is 97.1 Å². The Balaban J connectivity index is 1.19. The van der Waals surface area contributed by atoms with Gasteiger partial charge < -0.3 is 19.7 Å². The van der Waals surface area contributed by atoms with Crippen LogP contribution < -0.4 is 9.47 Å². The van der Waals surface area contributed by atoms with Gasteiger partial charge in [-0.05, 0) is 140 Å². The second kappa shape index (κ2) is 21.8. The molecule has 2 atom stereocenters. The first-order valence-corrected chi connectivity index (χ1v) is 23.7. The molecule has 12 nitrogen and oxygen atoms in total. The number of hydrogen-bond donors (Lipinski definition) is 2. The highest BCUT2D eigenvalue weighted by Gasteiger charge is 2.22. The summed E-state index contributed by atoms with van der Waals surface area (Å²) in [5.41, 5.74) is 10.7. The minimum absolute atomic E-state index is 0.0250. The van der Waals surface area contributed by atoms with Crippen LogP contribution in [-0.4, -0.2) is 32.5 Å². The van der Waals surface area contributed by atoms with E-state index in [4.69, 9.17) is 19.5 Å². The van der Waals surface area contributed by atoms with Gasteiger partial charge in [0.15, 0.2) is 0 Å². The fourth-order valence-corrected chi connectivity index (χ4v) is 9.06. The SMILES string of the molecule is C[C@H](N=Cc1cc2c(O)c(c1)Cc1cccc(c1OCc1ccc([N+](=O)[O-])cc1)Cc1cc(C=N[C@@H](C)c3ccccc3)cc(c1O)Cc1cccc(c1OCc1ccc([N+](=O)[O-])cc1)C2)c1ccccc1. The van der Waals surface area contributed by atoms with Gasteiger partial charge in [0.2, 0.25) is 0 Å². The lowest BCUT2D eigenvalue weighted by Gasteiger charge is -2.21. The molecule has 0 saturated heterocycles. The quantitative estimate of drug-likeness (QED) is 0.0616. The number of fused-ring (bicyclic) bond motifs is 8. The number of phenolic OH excluding ortho intramolecular Hbond substituents is 2. The number of ether oxygens (including phenoxy) is 2. The van der Waals surface area contributed by atoms with Crippen molar-refractivity contribution >= 4 is 23.8 Å². The lowest BCUT2D eigenvalue weighted by atomic mass is 9.90. The van der Waals surface area contributed by atoms with Crippen molar-refractivity contribution in [2.45, 2.75) is 64.8 Å². The Bertz CT molecular complexity index is 2990. The van der Waals surface area contributed by atoms with Gasteiger partial charge in [-0.15, -0.1) is 0 Å². The molecule has 2 N–H and O–H groups in total. The van der Waals surface area contributed by atoms with Crippen molar-refractivity contribution in [2.24, 2.45) is 9.98 Å². The van der Waals surface area contributed by atoms with Crippen LogP contribution in [0.5, 0.6) is 23.0 Å². The molecule has 0 spiro atoms. The van der Waals surface area contributed by atoms with Crippen molar-refractivity contribution < 1.29 is 29.5 Å². The Labute approximate surface area is 417 Å². The minimum Gasteiger partial charge on any atom is -0.507 e. The summed E-state index contributed by atoms with van der Waals surface area (Å²) in [4.78, 5) is 32.0. The molecule has 0 aliphatic heterocycles. The summed E-state index contributed by atoms with van der Waals surface area (Å²) in [6.45, 7) is 4.27. The number of nitro benzene ring substituents is 2. The second-order valence-corrected chi connectivity index (χ2v) is 18.0. The van der Waals surface area contributed by atoms with Crippen LogP contribution in [-0.2, 0) is 38.9 Å². The number of aromatic hydroxyl groups is 2. The highest BCUT2D eigenvalue weighted by Crippen LogP contribution is 2.40. The van der Waals surface area contributed by atoms with Crippen molar-refractivity contribution in [3.8, 4) is 23.0 Å². The lowest BCUT2D eigenvalue weighted by Crippen LogP contribution is -2.07. The predicted octanol–water partition coefficient (Wildman–Crippen LogP) is 13.1. The fraction of sp³-hybridized carbons (Fsp3) is 0.167. The standard InChI is InChI=1S/C60H52N4O8/c1-39(45-11-5-3-6-12-45)61-35-43-27-51-31-47-15-9-17-49(59(47)71-37-41-19-23-55(24-20-41)63(67)68)33-53-29-44(36-62-40(2)46-13-7-4-8-14-46)30-54(58(53)66)34-50-18-10-16-48(32-52(28-43)57(51)65)60(50)72-38-42-21-25-56(26-22-42)64(69)70/h3-30,35-36,39-40,65-66H,31-34,37-38H2,1-2H3/t39-,40-/m0/s1. The van der Waals surface area contributed by atoms with E-state index in [0.717, 1.165) is 55.6 Å². The molecule has 8 aromatic carbocycles. The van der Waals surface area contributed by atoms with Crippen molar-refractivity contribution in [3.05, 3.63) is 268 Å². The monoisotopic (exact) mass is 956 g/mol. The van der Waals surface area contributed by atoms with E-state index in [1.807, 2.05) is 148 Å². The molecule has 0 aromatic heterocycles. The predicted molar refractivity (Wildman–Crippen MR) is 280 cm³/mol. The summed E-state index contributed by atoms with van der Waals surface area (Å²) in [5.74, 6) is 1.33. The average molecular weight is 957 g/mol. The Hall–Kier alpha value is -8.90. The number of para-hydroxylation sites is 2. The number of nitrogens with zero attached hydrogens (tertiary/aromatic N) is 4. The number of benzene rings is 8. The molecule has 360 valence electrons. The van der Waals surface area contributed by atoms with E-state index in [1.165, 1.54) is 24.3 Å². The van der Waals surface area contributed by atoms with Gasteiger partial charge in [0.05, 0.1) is 21.9 Å². The zero-order valence-corrected chi connectivity index (χ0v) is 39.9. The van der Waals surface area contributed by atoms with Crippen LogP contribution in [0.2, 0.25) is 0 Å². The second-order valence-electron chi connectivity index (χ2n) is 18.0. The van der Waals surface area contributed by atoms with Crippen molar-refractivity contribution in [1.82, 2.24) is 0 Å². The smallest absolute Gasteiger partial charge is 0.269 e. The lowest BCUT2D eigenvalue weighted by molar-refractivity contribution is -0.385. The Morgan fingerprint density at radius 3 is 1.10 bits per heavy atom. The van der Waals surface area contributed by atoms with Crippen LogP contribution in [0.4, 0.5) is 11.4 Å². The van der Waals surface area contributed by atoms with E-state index >= 15 is 0 Å². The summed E-state index contributed by atoms with van der Waals surface area (Å²) < 4.78 is 13.5. The average Bonchev–Trinajstić information content (AvgIpc) is 3.39. The van der Waals surface area contributed by atoms with Gasteiger partial charge >= 0.3 is 0 Å². The summed E-state index contributed by atoms with van der Waals surface area (Å²) in [6.07, 6.45) is 4.69. The summed E-state index contributed by atoms with van der Waals surface area (Å²) in [7, 11) is 0. The van der Waals surface area contributed by atoms with Gasteiger partial charge in [0.1, 0.15) is 36.2 Å². The maximum Gasteiger partial charge on any atom is 0.269 e. The van der Waals surface area contributed by atoms with E-state index in [2.05, 4.69) is 0 Å². The van der Waals surface area contributed by atoms with Gasteiger partial charge in [-0.25, -0.2) is 0 Å². The Kier molecular flexibility index (Phi) is 14.6. The number of nitro groups is 2. The largest absolute Gasteiger partial charge is 0.507 e. The number of non-ortho nitro benzene ring substituents is 2. The molecule has 0 unspecified atom stereocenters. The van der Waals surface area contributed by atoms with Crippen molar-refractivity contribution in [1.29, 1.82) is 0 Å². The van der Waals surface area contributed by atoms with Gasteiger partial charge in [-0.2, -0.15) is 0 Å². The zero-order chi connectivity index (χ0) is 50.1. The highest BCUT2D eigenvalue weighted by atomic mass is 16.6. The molecular weight excluding hydrogens is 905 g/mol. The number of hydrogen-bond acceptors (Lipinski definition) is 10. The number of aliphatic imine (C=N–C) groups is 2. The van der Waals surface area contributed by atoms with E-state index in [9.17, 15) is 30.4 Å². The highest BCUT2D eigenvalue weighted by molar-refractivity contribution is 5.82. The molecular formula is C60H52N4O8. The maximum absolute atomic E-state index is 12.4. The topological polar surface area (TPSA) is 170 Å². The summed E-state index contributed by atoms with van der Waals surface area (Å²) in [5, 5.41) is 47.8. The molecule has 12 heteroatoms. The van der Waals surface area contributed by atoms with Crippen molar-refractivity contribution in [2.75, 3.05) is 0 Å². The van der Waals surface area contributed by atoms with Crippen LogP contribution in [0.15, 0.2) is 180 Å². The molecule has 1 aliphatic rings. The molecule has 9 rings (SSSR count). The molecule has 72 heavy (non-hydrogen) atoms. The van der Waals surface area contributed by atoms with Gasteiger partial charge in [-0.3, -0.25) is 30.2 Å².